The molecule has 0 spiro atoms. The average Bonchev–Trinajstić information content (AvgIpc) is 2.67. The highest BCUT2D eigenvalue weighted by atomic mass is 16.1. The number of hydrogen-bond acceptors (Lipinski definition) is 2. The highest BCUT2D eigenvalue weighted by Crippen LogP contribution is 2.36. The van der Waals surface area contributed by atoms with Gasteiger partial charge in [0.2, 0.25) is 0 Å². The molecule has 1 saturated heterocycles. The predicted molar refractivity (Wildman–Crippen MR) is 101 cm³/mol. The molecule has 0 N–H and O–H groups in total. The number of ketones is 1. The number of hydrogen-bond donors (Lipinski definition) is 0. The van der Waals surface area contributed by atoms with Gasteiger partial charge in [-0.2, -0.15) is 0 Å². The summed E-state index contributed by atoms with van der Waals surface area (Å²) in [6.07, 6.45) is 0.921. The van der Waals surface area contributed by atoms with Crippen molar-refractivity contribution in [3.8, 4) is 0 Å². The minimum Gasteiger partial charge on any atom is -0.292 e. The Labute approximate surface area is 148 Å². The molecule has 0 aromatic heterocycles. The van der Waals surface area contributed by atoms with E-state index in [1.165, 1.54) is 11.1 Å². The molecular formula is C23H21NO. The van der Waals surface area contributed by atoms with Gasteiger partial charge < -0.3 is 0 Å². The van der Waals surface area contributed by atoms with Crippen LogP contribution in [0, 0.1) is 0 Å². The van der Waals surface area contributed by atoms with E-state index in [4.69, 9.17) is 0 Å². The lowest BCUT2D eigenvalue weighted by Crippen LogP contribution is -2.54. The minimum absolute atomic E-state index is 0.0483. The molecule has 124 valence electrons. The SMILES string of the molecule is O=C(c1ccccc1)C1CCN1C(c1ccccc1)c1ccccc1. The van der Waals surface area contributed by atoms with Crippen molar-refractivity contribution in [3.63, 3.8) is 0 Å². The Bertz CT molecular complexity index is 790. The first-order valence-corrected chi connectivity index (χ1v) is 8.79. The van der Waals surface area contributed by atoms with E-state index in [2.05, 4.69) is 53.4 Å². The van der Waals surface area contributed by atoms with Gasteiger partial charge in [0.1, 0.15) is 0 Å². The molecule has 1 heterocycles. The summed E-state index contributed by atoms with van der Waals surface area (Å²) in [4.78, 5) is 15.3. The largest absolute Gasteiger partial charge is 0.292 e. The summed E-state index contributed by atoms with van der Waals surface area (Å²) >= 11 is 0. The maximum atomic E-state index is 13.0. The van der Waals surface area contributed by atoms with Crippen molar-refractivity contribution in [1.82, 2.24) is 4.90 Å². The van der Waals surface area contributed by atoms with Gasteiger partial charge >= 0.3 is 0 Å². The Hall–Kier alpha value is -2.71. The second kappa shape index (κ2) is 7.04. The van der Waals surface area contributed by atoms with Crippen LogP contribution in [0.2, 0.25) is 0 Å². The molecule has 3 aromatic rings. The van der Waals surface area contributed by atoms with E-state index in [0.29, 0.717) is 0 Å². The van der Waals surface area contributed by atoms with Crippen molar-refractivity contribution in [3.05, 3.63) is 108 Å². The van der Waals surface area contributed by atoms with E-state index in [1.807, 2.05) is 42.5 Å². The monoisotopic (exact) mass is 327 g/mol. The van der Waals surface area contributed by atoms with Gasteiger partial charge in [0.25, 0.3) is 0 Å². The number of nitrogens with zero attached hydrogens (tertiary/aromatic N) is 1. The van der Waals surface area contributed by atoms with Crippen molar-refractivity contribution in [2.24, 2.45) is 0 Å². The Morgan fingerprint density at radius 3 is 1.68 bits per heavy atom. The molecule has 3 aromatic carbocycles. The molecule has 2 nitrogen and oxygen atoms in total. The normalized spacial score (nSPS) is 17.2. The molecule has 1 unspecified atom stereocenters. The lowest BCUT2D eigenvalue weighted by molar-refractivity contribution is 0.0434. The second-order valence-corrected chi connectivity index (χ2v) is 6.50. The van der Waals surface area contributed by atoms with Crippen LogP contribution in [0.1, 0.15) is 33.9 Å². The highest BCUT2D eigenvalue weighted by molar-refractivity contribution is 6.00. The maximum Gasteiger partial charge on any atom is 0.180 e. The number of rotatable bonds is 5. The lowest BCUT2D eigenvalue weighted by Gasteiger charge is -2.45. The van der Waals surface area contributed by atoms with Gasteiger partial charge in [-0.25, -0.2) is 0 Å². The van der Waals surface area contributed by atoms with Gasteiger partial charge in [0, 0.05) is 12.1 Å². The highest BCUT2D eigenvalue weighted by Gasteiger charge is 2.39. The van der Waals surface area contributed by atoms with Crippen LogP contribution in [0.3, 0.4) is 0 Å². The zero-order valence-electron chi connectivity index (χ0n) is 14.1. The third kappa shape index (κ3) is 3.13. The summed E-state index contributed by atoms with van der Waals surface area (Å²) in [5.74, 6) is 0.226. The third-order valence-electron chi connectivity index (χ3n) is 4.98. The van der Waals surface area contributed by atoms with Crippen molar-refractivity contribution < 1.29 is 4.79 Å². The molecule has 1 atom stereocenters. The zero-order valence-corrected chi connectivity index (χ0v) is 14.1. The minimum atomic E-state index is -0.0483. The molecule has 1 aliphatic heterocycles. The van der Waals surface area contributed by atoms with Crippen LogP contribution in [-0.4, -0.2) is 23.3 Å². The molecule has 0 radical (unpaired) electrons. The summed E-state index contributed by atoms with van der Waals surface area (Å²) in [5.41, 5.74) is 3.27. The molecule has 1 aliphatic rings. The summed E-state index contributed by atoms with van der Waals surface area (Å²) in [6.45, 7) is 0.942. The zero-order chi connectivity index (χ0) is 17.1. The van der Waals surface area contributed by atoms with Crippen LogP contribution in [-0.2, 0) is 0 Å². The first-order chi connectivity index (χ1) is 12.3. The second-order valence-electron chi connectivity index (χ2n) is 6.50. The van der Waals surface area contributed by atoms with E-state index in [9.17, 15) is 4.79 Å². The molecule has 0 amide bonds. The summed E-state index contributed by atoms with van der Waals surface area (Å²) < 4.78 is 0. The first kappa shape index (κ1) is 15.8. The molecule has 25 heavy (non-hydrogen) atoms. The summed E-state index contributed by atoms with van der Waals surface area (Å²) in [6, 6.07) is 30.7. The van der Waals surface area contributed by atoms with Gasteiger partial charge in [-0.1, -0.05) is 91.0 Å². The van der Waals surface area contributed by atoms with Gasteiger partial charge in [0.15, 0.2) is 5.78 Å². The molecule has 0 saturated carbocycles. The van der Waals surface area contributed by atoms with Crippen molar-refractivity contribution in [1.29, 1.82) is 0 Å². The van der Waals surface area contributed by atoms with E-state index in [1.54, 1.807) is 0 Å². The van der Waals surface area contributed by atoms with E-state index in [0.717, 1.165) is 18.5 Å². The number of benzene rings is 3. The smallest absolute Gasteiger partial charge is 0.180 e. The first-order valence-electron chi connectivity index (χ1n) is 8.79. The van der Waals surface area contributed by atoms with Crippen molar-refractivity contribution >= 4 is 5.78 Å². The van der Waals surface area contributed by atoms with Crippen LogP contribution in [0.15, 0.2) is 91.0 Å². The molecular weight excluding hydrogens is 306 g/mol. The standard InChI is InChI=1S/C23H21NO/c25-23(20-14-8-3-9-15-20)21-16-17-24(21)22(18-10-4-1-5-11-18)19-12-6-2-7-13-19/h1-15,21-22H,16-17H2. The molecule has 0 aliphatic carbocycles. The molecule has 1 fully saturated rings. The topological polar surface area (TPSA) is 20.3 Å². The van der Waals surface area contributed by atoms with E-state index in [-0.39, 0.29) is 17.9 Å². The Morgan fingerprint density at radius 2 is 1.24 bits per heavy atom. The van der Waals surface area contributed by atoms with Gasteiger partial charge in [-0.3, -0.25) is 9.69 Å². The Balaban J connectivity index is 1.67. The van der Waals surface area contributed by atoms with Gasteiger partial charge in [-0.05, 0) is 17.5 Å². The van der Waals surface area contributed by atoms with Crippen LogP contribution in [0.5, 0.6) is 0 Å². The lowest BCUT2D eigenvalue weighted by atomic mass is 9.87. The van der Waals surface area contributed by atoms with Crippen molar-refractivity contribution in [2.45, 2.75) is 18.5 Å². The van der Waals surface area contributed by atoms with Crippen LogP contribution in [0.25, 0.3) is 0 Å². The fourth-order valence-electron chi connectivity index (χ4n) is 3.64. The van der Waals surface area contributed by atoms with Crippen LogP contribution in [0.4, 0.5) is 0 Å². The van der Waals surface area contributed by atoms with E-state index >= 15 is 0 Å². The Kier molecular flexibility index (Phi) is 4.45. The quantitative estimate of drug-likeness (QED) is 0.631. The number of carbonyl (C=O) groups excluding carboxylic acids is 1. The molecule has 4 rings (SSSR count). The predicted octanol–water partition coefficient (Wildman–Crippen LogP) is 4.73. The summed E-state index contributed by atoms with van der Waals surface area (Å²) in [5, 5.41) is 0. The number of likely N-dealkylation sites (tertiary alicyclic amines) is 1. The van der Waals surface area contributed by atoms with Gasteiger partial charge in [-0.15, -0.1) is 0 Å². The van der Waals surface area contributed by atoms with Crippen molar-refractivity contribution in [2.75, 3.05) is 6.54 Å². The van der Waals surface area contributed by atoms with Crippen LogP contribution >= 0.6 is 0 Å². The Morgan fingerprint density at radius 1 is 0.760 bits per heavy atom. The fourth-order valence-corrected chi connectivity index (χ4v) is 3.64. The molecule has 2 heteroatoms. The number of Topliss-reactive ketones (excluding diaryl/α,β-unsaturated/α-hetero) is 1. The van der Waals surface area contributed by atoms with Crippen LogP contribution < -0.4 is 0 Å². The maximum absolute atomic E-state index is 13.0. The molecule has 0 bridgehead atoms. The van der Waals surface area contributed by atoms with Gasteiger partial charge in [0.05, 0.1) is 12.1 Å². The summed E-state index contributed by atoms with van der Waals surface area (Å²) in [7, 11) is 0. The fraction of sp³-hybridized carbons (Fsp3) is 0.174. The number of carbonyl (C=O) groups is 1. The average molecular weight is 327 g/mol. The van der Waals surface area contributed by atoms with E-state index < -0.39 is 0 Å². The third-order valence-corrected chi connectivity index (χ3v) is 4.98.